The topological polar surface area (TPSA) is 32.3 Å². The Bertz CT molecular complexity index is 342. The van der Waals surface area contributed by atoms with E-state index in [1.54, 1.807) is 11.3 Å². The van der Waals surface area contributed by atoms with Crippen LogP contribution in [0.15, 0.2) is 12.1 Å². The second kappa shape index (κ2) is 6.74. The fourth-order valence-corrected chi connectivity index (χ4v) is 3.48. The van der Waals surface area contributed by atoms with Gasteiger partial charge in [0.2, 0.25) is 0 Å². The van der Waals surface area contributed by atoms with Crippen molar-refractivity contribution in [3.63, 3.8) is 0 Å². The van der Waals surface area contributed by atoms with E-state index in [4.69, 9.17) is 11.6 Å². The summed E-state index contributed by atoms with van der Waals surface area (Å²) < 4.78 is 0.856. The highest BCUT2D eigenvalue weighted by Crippen LogP contribution is 2.22. The predicted octanol–water partition coefficient (Wildman–Crippen LogP) is 3.23. The van der Waals surface area contributed by atoms with Gasteiger partial charge in [-0.25, -0.2) is 0 Å². The minimum atomic E-state index is -0.163. The summed E-state index contributed by atoms with van der Waals surface area (Å²) in [6.07, 6.45) is 6.55. The Hall–Kier alpha value is -0.0900. The summed E-state index contributed by atoms with van der Waals surface area (Å²) in [5.74, 6) is 0. The zero-order valence-corrected chi connectivity index (χ0v) is 11.6. The third kappa shape index (κ3) is 4.25. The van der Waals surface area contributed by atoms with Gasteiger partial charge in [0, 0.05) is 17.5 Å². The lowest BCUT2D eigenvalue weighted by Gasteiger charge is -2.21. The van der Waals surface area contributed by atoms with Crippen molar-refractivity contribution in [2.45, 2.75) is 50.7 Å². The van der Waals surface area contributed by atoms with Crippen molar-refractivity contribution in [2.75, 3.05) is 6.54 Å². The van der Waals surface area contributed by atoms with E-state index in [1.807, 2.05) is 6.07 Å². The number of nitrogens with one attached hydrogen (secondary N) is 1. The molecule has 2 atom stereocenters. The van der Waals surface area contributed by atoms with E-state index >= 15 is 0 Å². The second-order valence-corrected chi connectivity index (χ2v) is 6.52. The van der Waals surface area contributed by atoms with Crippen LogP contribution in [0.3, 0.4) is 0 Å². The number of aliphatic hydroxyl groups excluding tert-OH is 1. The first-order valence-corrected chi connectivity index (χ1v) is 7.61. The van der Waals surface area contributed by atoms with Gasteiger partial charge in [0.15, 0.2) is 0 Å². The van der Waals surface area contributed by atoms with E-state index in [0.29, 0.717) is 0 Å². The van der Waals surface area contributed by atoms with Crippen molar-refractivity contribution in [1.29, 1.82) is 0 Å². The summed E-state index contributed by atoms with van der Waals surface area (Å²) in [6, 6.07) is 4.31. The minimum absolute atomic E-state index is 0.163. The third-order valence-corrected chi connectivity index (χ3v) is 4.68. The number of hydrogen-bond donors (Lipinski definition) is 2. The lowest BCUT2D eigenvalue weighted by Crippen LogP contribution is -2.40. The number of rotatable bonds is 4. The number of aliphatic hydroxyl groups is 1. The lowest BCUT2D eigenvalue weighted by atomic mass is 10.1. The molecule has 1 heterocycles. The van der Waals surface area contributed by atoms with Crippen LogP contribution in [0.1, 0.15) is 37.0 Å². The standard InChI is InChI=1S/C13H20ClNOS/c14-13-7-6-10(17-13)8-9-15-11-4-2-1-3-5-12(11)16/h6-7,11-12,15-16H,1-5,8-9H2. The summed E-state index contributed by atoms with van der Waals surface area (Å²) in [7, 11) is 0. The molecule has 2 rings (SSSR count). The highest BCUT2D eigenvalue weighted by molar-refractivity contribution is 7.16. The predicted molar refractivity (Wildman–Crippen MR) is 73.9 cm³/mol. The molecular formula is C13H20ClNOS. The molecule has 4 heteroatoms. The molecule has 0 aromatic carbocycles. The van der Waals surface area contributed by atoms with Crippen molar-refractivity contribution in [3.8, 4) is 0 Å². The van der Waals surface area contributed by atoms with Crippen LogP contribution in [0.5, 0.6) is 0 Å². The maximum absolute atomic E-state index is 9.97. The van der Waals surface area contributed by atoms with Gasteiger partial charge in [0.05, 0.1) is 10.4 Å². The van der Waals surface area contributed by atoms with Gasteiger partial charge < -0.3 is 10.4 Å². The van der Waals surface area contributed by atoms with Crippen LogP contribution >= 0.6 is 22.9 Å². The van der Waals surface area contributed by atoms with Crippen molar-refractivity contribution >= 4 is 22.9 Å². The van der Waals surface area contributed by atoms with Crippen molar-refractivity contribution < 1.29 is 5.11 Å². The van der Waals surface area contributed by atoms with Crippen LogP contribution in [0.25, 0.3) is 0 Å². The molecule has 0 amide bonds. The van der Waals surface area contributed by atoms with Crippen molar-refractivity contribution in [3.05, 3.63) is 21.3 Å². The average molecular weight is 274 g/mol. The SMILES string of the molecule is OC1CCCCCC1NCCc1ccc(Cl)s1. The molecule has 1 aromatic heterocycles. The molecular weight excluding hydrogens is 254 g/mol. The molecule has 2 unspecified atom stereocenters. The molecule has 2 N–H and O–H groups in total. The molecule has 0 aliphatic heterocycles. The molecule has 1 saturated carbocycles. The molecule has 2 nitrogen and oxygen atoms in total. The van der Waals surface area contributed by atoms with Gasteiger partial charge in [-0.1, -0.05) is 30.9 Å². The average Bonchev–Trinajstić information content (AvgIpc) is 2.61. The third-order valence-electron chi connectivity index (χ3n) is 3.39. The van der Waals surface area contributed by atoms with Gasteiger partial charge in [-0.3, -0.25) is 0 Å². The molecule has 0 radical (unpaired) electrons. The fraction of sp³-hybridized carbons (Fsp3) is 0.692. The largest absolute Gasteiger partial charge is 0.392 e. The van der Waals surface area contributed by atoms with Gasteiger partial charge in [-0.2, -0.15) is 0 Å². The van der Waals surface area contributed by atoms with Gasteiger partial charge in [0.1, 0.15) is 0 Å². The van der Waals surface area contributed by atoms with Crippen LogP contribution in [-0.4, -0.2) is 23.8 Å². The molecule has 1 aliphatic carbocycles. The maximum atomic E-state index is 9.97. The molecule has 0 saturated heterocycles. The van der Waals surface area contributed by atoms with E-state index in [2.05, 4.69) is 11.4 Å². The van der Waals surface area contributed by atoms with Crippen LogP contribution in [0.4, 0.5) is 0 Å². The number of halogens is 1. The maximum Gasteiger partial charge on any atom is 0.0931 e. The summed E-state index contributed by atoms with van der Waals surface area (Å²) in [4.78, 5) is 1.31. The Balaban J connectivity index is 1.73. The van der Waals surface area contributed by atoms with Gasteiger partial charge in [-0.15, -0.1) is 11.3 Å². The normalized spacial score (nSPS) is 25.8. The highest BCUT2D eigenvalue weighted by Gasteiger charge is 2.20. The Morgan fingerprint density at radius 1 is 1.29 bits per heavy atom. The Kier molecular flexibility index (Phi) is 5.29. The van der Waals surface area contributed by atoms with E-state index in [0.717, 1.165) is 30.1 Å². The summed E-state index contributed by atoms with van der Waals surface area (Å²) in [5, 5.41) is 13.5. The molecule has 0 bridgehead atoms. The van der Waals surface area contributed by atoms with E-state index in [9.17, 15) is 5.11 Å². The Labute approximate surface area is 112 Å². The van der Waals surface area contributed by atoms with E-state index < -0.39 is 0 Å². The van der Waals surface area contributed by atoms with Crippen LogP contribution in [0, 0.1) is 0 Å². The summed E-state index contributed by atoms with van der Waals surface area (Å²) >= 11 is 7.53. The Morgan fingerprint density at radius 2 is 2.12 bits per heavy atom. The van der Waals surface area contributed by atoms with Crippen LogP contribution in [0.2, 0.25) is 4.34 Å². The first-order valence-electron chi connectivity index (χ1n) is 6.41. The minimum Gasteiger partial charge on any atom is -0.392 e. The highest BCUT2D eigenvalue weighted by atomic mass is 35.5. The molecule has 17 heavy (non-hydrogen) atoms. The van der Waals surface area contributed by atoms with Gasteiger partial charge in [-0.05, 0) is 31.4 Å². The molecule has 1 aromatic rings. The van der Waals surface area contributed by atoms with Crippen LogP contribution < -0.4 is 5.32 Å². The van der Waals surface area contributed by atoms with Crippen LogP contribution in [-0.2, 0) is 6.42 Å². The fourth-order valence-electron chi connectivity index (χ4n) is 2.39. The molecule has 96 valence electrons. The van der Waals surface area contributed by atoms with Crippen molar-refractivity contribution in [1.82, 2.24) is 5.32 Å². The van der Waals surface area contributed by atoms with E-state index in [1.165, 1.54) is 24.1 Å². The Morgan fingerprint density at radius 3 is 2.88 bits per heavy atom. The molecule has 1 fully saturated rings. The zero-order valence-electron chi connectivity index (χ0n) is 9.99. The van der Waals surface area contributed by atoms with E-state index in [-0.39, 0.29) is 12.1 Å². The zero-order chi connectivity index (χ0) is 12.1. The van der Waals surface area contributed by atoms with Gasteiger partial charge >= 0.3 is 0 Å². The lowest BCUT2D eigenvalue weighted by molar-refractivity contribution is 0.120. The second-order valence-electron chi connectivity index (χ2n) is 4.72. The first kappa shape index (κ1) is 13.3. The molecule has 1 aliphatic rings. The number of thiophene rings is 1. The first-order chi connectivity index (χ1) is 8.25. The monoisotopic (exact) mass is 273 g/mol. The summed E-state index contributed by atoms with van der Waals surface area (Å²) in [5.41, 5.74) is 0. The smallest absolute Gasteiger partial charge is 0.0931 e. The van der Waals surface area contributed by atoms with Gasteiger partial charge in [0.25, 0.3) is 0 Å². The molecule has 0 spiro atoms. The van der Waals surface area contributed by atoms with Crippen molar-refractivity contribution in [2.24, 2.45) is 0 Å². The quantitative estimate of drug-likeness (QED) is 0.826. The summed E-state index contributed by atoms with van der Waals surface area (Å²) in [6.45, 7) is 0.929. The number of hydrogen-bond acceptors (Lipinski definition) is 3.